The number of hydrogen-bond acceptors (Lipinski definition) is 4. The van der Waals surface area contributed by atoms with Crippen LogP contribution in [-0.2, 0) is 13.0 Å². The molecule has 0 aliphatic carbocycles. The Labute approximate surface area is 111 Å². The highest BCUT2D eigenvalue weighted by molar-refractivity contribution is 7.15. The molecule has 1 N–H and O–H groups in total. The largest absolute Gasteiger partial charge is 0.496 e. The van der Waals surface area contributed by atoms with Crippen LogP contribution in [0.2, 0.25) is 0 Å². The Morgan fingerprint density at radius 1 is 1.39 bits per heavy atom. The van der Waals surface area contributed by atoms with Gasteiger partial charge in [0.1, 0.15) is 10.8 Å². The van der Waals surface area contributed by atoms with E-state index >= 15 is 0 Å². The van der Waals surface area contributed by atoms with Crippen molar-refractivity contribution in [3.05, 3.63) is 34.3 Å². The van der Waals surface area contributed by atoms with E-state index in [1.165, 1.54) is 5.56 Å². The fraction of sp³-hybridized carbons (Fsp3) is 0.357. The molecule has 0 atom stereocenters. The average molecular weight is 263 g/mol. The van der Waals surface area contributed by atoms with Crippen LogP contribution in [0.25, 0.3) is 10.6 Å². The van der Waals surface area contributed by atoms with Gasteiger partial charge in [-0.2, -0.15) is 0 Å². The summed E-state index contributed by atoms with van der Waals surface area (Å²) in [7, 11) is 1.69. The number of benzene rings is 1. The fourth-order valence-corrected chi connectivity index (χ4v) is 2.80. The molecule has 0 saturated heterocycles. The summed E-state index contributed by atoms with van der Waals surface area (Å²) >= 11 is 1.61. The van der Waals surface area contributed by atoms with Crippen LogP contribution in [0.4, 0.5) is 0 Å². The minimum Gasteiger partial charge on any atom is -0.496 e. The molecule has 0 amide bonds. The minimum atomic E-state index is -0.000870. The highest BCUT2D eigenvalue weighted by Gasteiger charge is 2.10. The maximum atomic E-state index is 9.19. The third kappa shape index (κ3) is 2.40. The number of aliphatic hydroxyl groups excluding tert-OH is 1. The molecule has 0 aliphatic rings. The number of hydrogen-bond donors (Lipinski definition) is 1. The Bertz CT molecular complexity index is 549. The van der Waals surface area contributed by atoms with Gasteiger partial charge in [-0.3, -0.25) is 0 Å². The van der Waals surface area contributed by atoms with Crippen molar-refractivity contribution in [1.29, 1.82) is 0 Å². The van der Waals surface area contributed by atoms with Crippen LogP contribution in [0.5, 0.6) is 5.75 Å². The normalized spacial score (nSPS) is 10.7. The summed E-state index contributed by atoms with van der Waals surface area (Å²) in [6.45, 7) is 4.09. The zero-order valence-electron chi connectivity index (χ0n) is 10.9. The van der Waals surface area contributed by atoms with E-state index in [1.54, 1.807) is 18.4 Å². The van der Waals surface area contributed by atoms with Crippen LogP contribution in [0, 0.1) is 6.92 Å². The Morgan fingerprint density at radius 2 is 2.17 bits per heavy atom. The number of nitrogens with zero attached hydrogens (tertiary/aromatic N) is 1. The number of aryl methyl sites for hydroxylation is 2. The van der Waals surface area contributed by atoms with E-state index < -0.39 is 0 Å². The van der Waals surface area contributed by atoms with Gasteiger partial charge in [-0.15, -0.1) is 11.3 Å². The van der Waals surface area contributed by atoms with Crippen molar-refractivity contribution in [1.82, 2.24) is 4.98 Å². The molecule has 18 heavy (non-hydrogen) atoms. The SMILES string of the molecule is CCc1cc(-c2nc(CO)c(C)s2)ccc1OC. The zero-order chi connectivity index (χ0) is 13.1. The van der Waals surface area contributed by atoms with E-state index in [1.807, 2.05) is 19.1 Å². The highest BCUT2D eigenvalue weighted by Crippen LogP contribution is 2.31. The van der Waals surface area contributed by atoms with E-state index in [2.05, 4.69) is 18.0 Å². The molecule has 1 aromatic carbocycles. The van der Waals surface area contributed by atoms with Crippen LogP contribution in [0.3, 0.4) is 0 Å². The monoisotopic (exact) mass is 263 g/mol. The topological polar surface area (TPSA) is 42.4 Å². The van der Waals surface area contributed by atoms with Gasteiger partial charge in [0.2, 0.25) is 0 Å². The maximum absolute atomic E-state index is 9.19. The molecule has 0 radical (unpaired) electrons. The van der Waals surface area contributed by atoms with Crippen molar-refractivity contribution in [2.24, 2.45) is 0 Å². The molecule has 0 fully saturated rings. The number of ether oxygens (including phenoxy) is 1. The molecule has 1 heterocycles. The summed E-state index contributed by atoms with van der Waals surface area (Å²) in [5.74, 6) is 0.914. The molecule has 2 aromatic rings. The van der Waals surface area contributed by atoms with Gasteiger partial charge in [0, 0.05) is 10.4 Å². The van der Waals surface area contributed by atoms with Crippen LogP contribution in [0.15, 0.2) is 18.2 Å². The van der Waals surface area contributed by atoms with E-state index in [4.69, 9.17) is 4.74 Å². The van der Waals surface area contributed by atoms with Crippen molar-refractivity contribution in [2.75, 3.05) is 7.11 Å². The van der Waals surface area contributed by atoms with Gasteiger partial charge in [-0.25, -0.2) is 4.98 Å². The molecule has 0 aliphatic heterocycles. The third-order valence-corrected chi connectivity index (χ3v) is 4.01. The molecular formula is C14H17NO2S. The summed E-state index contributed by atoms with van der Waals surface area (Å²) in [4.78, 5) is 5.53. The lowest BCUT2D eigenvalue weighted by Gasteiger charge is -2.07. The van der Waals surface area contributed by atoms with Gasteiger partial charge < -0.3 is 9.84 Å². The Kier molecular flexibility index (Phi) is 3.99. The molecule has 0 saturated carbocycles. The Balaban J connectivity index is 2.44. The van der Waals surface area contributed by atoms with Crippen molar-refractivity contribution in [2.45, 2.75) is 26.9 Å². The molecule has 96 valence electrons. The number of methoxy groups -OCH3 is 1. The first-order valence-electron chi connectivity index (χ1n) is 5.94. The van der Waals surface area contributed by atoms with Crippen molar-refractivity contribution >= 4 is 11.3 Å². The second-order valence-corrected chi connectivity index (χ2v) is 5.26. The standard InChI is InChI=1S/C14H17NO2S/c1-4-10-7-11(5-6-13(10)17-3)14-15-12(8-16)9(2)18-14/h5-7,16H,4,8H2,1-3H3. The lowest BCUT2D eigenvalue weighted by Crippen LogP contribution is -1.91. The third-order valence-electron chi connectivity index (χ3n) is 2.95. The first kappa shape index (κ1) is 13.1. The minimum absolute atomic E-state index is 0.000870. The Morgan fingerprint density at radius 3 is 2.72 bits per heavy atom. The van der Waals surface area contributed by atoms with Gasteiger partial charge in [0.25, 0.3) is 0 Å². The smallest absolute Gasteiger partial charge is 0.123 e. The highest BCUT2D eigenvalue weighted by atomic mass is 32.1. The molecule has 2 rings (SSSR count). The molecule has 0 spiro atoms. The van der Waals surface area contributed by atoms with Crippen LogP contribution >= 0.6 is 11.3 Å². The van der Waals surface area contributed by atoms with Crippen LogP contribution in [0.1, 0.15) is 23.1 Å². The first-order chi connectivity index (χ1) is 8.69. The molecule has 1 aromatic heterocycles. The summed E-state index contributed by atoms with van der Waals surface area (Å²) in [6.07, 6.45) is 0.925. The number of rotatable bonds is 4. The molecule has 0 unspecified atom stereocenters. The van der Waals surface area contributed by atoms with Gasteiger partial charge in [-0.05, 0) is 37.1 Å². The summed E-state index contributed by atoms with van der Waals surface area (Å²) in [5, 5.41) is 10.1. The summed E-state index contributed by atoms with van der Waals surface area (Å²) < 4.78 is 5.32. The van der Waals surface area contributed by atoms with Crippen LogP contribution < -0.4 is 4.74 Å². The molecule has 3 nitrogen and oxygen atoms in total. The molecule has 0 bridgehead atoms. The van der Waals surface area contributed by atoms with Gasteiger partial charge in [0.05, 0.1) is 19.4 Å². The maximum Gasteiger partial charge on any atom is 0.123 e. The summed E-state index contributed by atoms with van der Waals surface area (Å²) in [5.41, 5.74) is 3.03. The zero-order valence-corrected chi connectivity index (χ0v) is 11.7. The number of aliphatic hydroxyl groups is 1. The number of aromatic nitrogens is 1. The fourth-order valence-electron chi connectivity index (χ4n) is 1.89. The average Bonchev–Trinajstić information content (AvgIpc) is 2.79. The van der Waals surface area contributed by atoms with Crippen molar-refractivity contribution in [3.8, 4) is 16.3 Å². The second-order valence-electron chi connectivity index (χ2n) is 4.06. The van der Waals surface area contributed by atoms with E-state index in [-0.39, 0.29) is 6.61 Å². The Hall–Kier alpha value is -1.39. The second kappa shape index (κ2) is 5.50. The van der Waals surface area contributed by atoms with E-state index in [0.29, 0.717) is 0 Å². The van der Waals surface area contributed by atoms with Crippen LogP contribution in [-0.4, -0.2) is 17.2 Å². The lowest BCUT2D eigenvalue weighted by molar-refractivity contribution is 0.277. The molecular weight excluding hydrogens is 246 g/mol. The molecule has 4 heteroatoms. The van der Waals surface area contributed by atoms with Gasteiger partial charge in [-0.1, -0.05) is 6.92 Å². The van der Waals surface area contributed by atoms with Gasteiger partial charge in [0.15, 0.2) is 0 Å². The first-order valence-corrected chi connectivity index (χ1v) is 6.75. The van der Waals surface area contributed by atoms with E-state index in [0.717, 1.165) is 33.3 Å². The van der Waals surface area contributed by atoms with Crippen molar-refractivity contribution in [3.63, 3.8) is 0 Å². The van der Waals surface area contributed by atoms with E-state index in [9.17, 15) is 5.11 Å². The predicted octanol–water partition coefficient (Wildman–Crippen LogP) is 3.18. The lowest BCUT2D eigenvalue weighted by atomic mass is 10.1. The summed E-state index contributed by atoms with van der Waals surface area (Å²) in [6, 6.07) is 6.10. The quantitative estimate of drug-likeness (QED) is 0.921. The van der Waals surface area contributed by atoms with Crippen molar-refractivity contribution < 1.29 is 9.84 Å². The number of thiazole rings is 1. The predicted molar refractivity (Wildman–Crippen MR) is 74.1 cm³/mol. The van der Waals surface area contributed by atoms with Gasteiger partial charge >= 0.3 is 0 Å².